The molecule has 1 heterocycles. The molecule has 0 radical (unpaired) electrons. The number of hydrogen-bond acceptors (Lipinski definition) is 6. The Balaban J connectivity index is 1.69. The smallest absolute Gasteiger partial charge is 0.293 e. The lowest BCUT2D eigenvalue weighted by Crippen LogP contribution is -2.24. The zero-order valence-electron chi connectivity index (χ0n) is 17.6. The van der Waals surface area contributed by atoms with E-state index in [-0.39, 0.29) is 33.4 Å². The van der Waals surface area contributed by atoms with Crippen molar-refractivity contribution in [1.82, 2.24) is 9.55 Å². The Bertz CT molecular complexity index is 1510. The van der Waals surface area contributed by atoms with Crippen molar-refractivity contribution in [1.29, 1.82) is 0 Å². The van der Waals surface area contributed by atoms with E-state index < -0.39 is 28.0 Å². The lowest BCUT2D eigenvalue weighted by atomic mass is 10.2. The van der Waals surface area contributed by atoms with Crippen molar-refractivity contribution in [2.45, 2.75) is 12.1 Å². The van der Waals surface area contributed by atoms with Gasteiger partial charge in [-0.25, -0.2) is 13.8 Å². The van der Waals surface area contributed by atoms with Gasteiger partial charge in [-0.3, -0.25) is 24.3 Å². The first-order valence-electron chi connectivity index (χ1n) is 9.89. The van der Waals surface area contributed by atoms with Crippen LogP contribution < -0.4 is 10.9 Å². The van der Waals surface area contributed by atoms with Crippen LogP contribution in [-0.2, 0) is 4.79 Å². The molecule has 0 aliphatic carbocycles. The molecule has 0 unspecified atom stereocenters. The van der Waals surface area contributed by atoms with E-state index in [4.69, 9.17) is 0 Å². The highest BCUT2D eigenvalue weighted by Gasteiger charge is 2.19. The number of aryl methyl sites for hydroxylation is 1. The van der Waals surface area contributed by atoms with E-state index in [1.54, 1.807) is 31.2 Å². The summed E-state index contributed by atoms with van der Waals surface area (Å²) >= 11 is 0.838. The third kappa shape index (κ3) is 4.64. The van der Waals surface area contributed by atoms with E-state index in [1.807, 2.05) is 0 Å². The van der Waals surface area contributed by atoms with Crippen molar-refractivity contribution in [3.63, 3.8) is 0 Å². The highest BCUT2D eigenvalue weighted by atomic mass is 32.2. The summed E-state index contributed by atoms with van der Waals surface area (Å²) in [5, 5.41) is 14.0. The second-order valence-corrected chi connectivity index (χ2v) is 8.20. The van der Waals surface area contributed by atoms with E-state index in [0.29, 0.717) is 17.1 Å². The maximum absolute atomic E-state index is 14.6. The number of fused-ring (bicyclic) bond motifs is 1. The second kappa shape index (κ2) is 9.40. The van der Waals surface area contributed by atoms with Gasteiger partial charge in [-0.15, -0.1) is 0 Å². The third-order valence-electron chi connectivity index (χ3n) is 4.85. The van der Waals surface area contributed by atoms with Gasteiger partial charge in [0.15, 0.2) is 5.16 Å². The minimum Gasteiger partial charge on any atom is -0.320 e. The predicted octanol–water partition coefficient (Wildman–Crippen LogP) is 4.61. The van der Waals surface area contributed by atoms with Gasteiger partial charge in [0.2, 0.25) is 5.91 Å². The number of anilines is 1. The molecule has 0 fully saturated rings. The standard InChI is InChI=1S/C23H16F2N4O4S/c1-13-6-8-18(20(10-13)29(32)33)26-21(30)12-34-23-27-17-5-3-2-4-15(17)22(31)28(23)19-9-7-14(24)11-16(19)25/h2-11H,12H2,1H3,(H,26,30). The Morgan fingerprint density at radius 1 is 1.15 bits per heavy atom. The van der Waals surface area contributed by atoms with Gasteiger partial charge in [0, 0.05) is 12.1 Å². The highest BCUT2D eigenvalue weighted by molar-refractivity contribution is 7.99. The van der Waals surface area contributed by atoms with Crippen LogP contribution >= 0.6 is 11.8 Å². The molecule has 0 bridgehead atoms. The Morgan fingerprint density at radius 3 is 2.65 bits per heavy atom. The molecule has 4 aromatic rings. The molecule has 0 aliphatic rings. The Labute approximate surface area is 195 Å². The first-order chi connectivity index (χ1) is 16.2. The lowest BCUT2D eigenvalue weighted by molar-refractivity contribution is -0.384. The number of thioether (sulfide) groups is 1. The minimum absolute atomic E-state index is 0.00256. The van der Waals surface area contributed by atoms with Crippen molar-refractivity contribution in [2.75, 3.05) is 11.1 Å². The van der Waals surface area contributed by atoms with Crippen molar-refractivity contribution >= 4 is 39.9 Å². The largest absolute Gasteiger partial charge is 0.320 e. The number of benzene rings is 3. The quantitative estimate of drug-likeness (QED) is 0.186. The summed E-state index contributed by atoms with van der Waals surface area (Å²) in [7, 11) is 0. The molecule has 0 saturated heterocycles. The molecule has 11 heteroatoms. The average molecular weight is 482 g/mol. The molecule has 172 valence electrons. The van der Waals surface area contributed by atoms with Crippen LogP contribution in [0, 0.1) is 28.7 Å². The van der Waals surface area contributed by atoms with Crippen LogP contribution in [0.25, 0.3) is 16.6 Å². The summed E-state index contributed by atoms with van der Waals surface area (Å²) in [5.41, 5.74) is -0.0508. The van der Waals surface area contributed by atoms with Crippen LogP contribution in [0.5, 0.6) is 0 Å². The van der Waals surface area contributed by atoms with Crippen LogP contribution in [0.2, 0.25) is 0 Å². The van der Waals surface area contributed by atoms with Gasteiger partial charge < -0.3 is 5.32 Å². The second-order valence-electron chi connectivity index (χ2n) is 7.26. The maximum atomic E-state index is 14.6. The number of halogens is 2. The van der Waals surface area contributed by atoms with Gasteiger partial charge in [0.25, 0.3) is 11.2 Å². The number of nitrogens with zero attached hydrogens (tertiary/aromatic N) is 3. The summed E-state index contributed by atoms with van der Waals surface area (Å²) in [6.07, 6.45) is 0. The third-order valence-corrected chi connectivity index (χ3v) is 5.79. The molecule has 0 atom stereocenters. The Hall–Kier alpha value is -4.12. The summed E-state index contributed by atoms with van der Waals surface area (Å²) < 4.78 is 29.0. The number of carbonyl (C=O) groups is 1. The number of hydrogen-bond donors (Lipinski definition) is 1. The SMILES string of the molecule is Cc1ccc(NC(=O)CSc2nc3ccccc3c(=O)n2-c2ccc(F)cc2F)c([N+](=O)[O-])c1. The number of nitrogens with one attached hydrogen (secondary N) is 1. The van der Waals surface area contributed by atoms with Crippen molar-refractivity contribution in [2.24, 2.45) is 0 Å². The number of para-hydroxylation sites is 1. The van der Waals surface area contributed by atoms with Crippen molar-refractivity contribution in [3.8, 4) is 5.69 Å². The van der Waals surface area contributed by atoms with Gasteiger partial charge in [0.1, 0.15) is 17.3 Å². The monoisotopic (exact) mass is 482 g/mol. The fourth-order valence-electron chi connectivity index (χ4n) is 3.30. The number of carbonyl (C=O) groups excluding carboxylic acids is 1. The van der Waals surface area contributed by atoms with Crippen LogP contribution in [-0.4, -0.2) is 26.1 Å². The molecule has 1 amide bonds. The zero-order valence-corrected chi connectivity index (χ0v) is 18.4. The lowest BCUT2D eigenvalue weighted by Gasteiger charge is -2.14. The van der Waals surface area contributed by atoms with E-state index >= 15 is 0 Å². The van der Waals surface area contributed by atoms with Crippen LogP contribution in [0.4, 0.5) is 20.2 Å². The van der Waals surface area contributed by atoms with Crippen LogP contribution in [0.1, 0.15) is 5.56 Å². The van der Waals surface area contributed by atoms with E-state index in [9.17, 15) is 28.5 Å². The summed E-state index contributed by atoms with van der Waals surface area (Å²) in [4.78, 5) is 40.8. The van der Waals surface area contributed by atoms with E-state index in [1.165, 1.54) is 18.2 Å². The highest BCUT2D eigenvalue weighted by Crippen LogP contribution is 2.27. The molecule has 0 saturated carbocycles. The average Bonchev–Trinajstić information content (AvgIpc) is 2.79. The fraction of sp³-hybridized carbons (Fsp3) is 0.0870. The summed E-state index contributed by atoms with van der Waals surface area (Å²) in [5.74, 6) is -2.65. The molecule has 0 spiro atoms. The number of nitro benzene ring substituents is 1. The Kier molecular flexibility index (Phi) is 6.37. The van der Waals surface area contributed by atoms with Crippen LogP contribution in [0.3, 0.4) is 0 Å². The number of rotatable bonds is 6. The number of amides is 1. The van der Waals surface area contributed by atoms with Gasteiger partial charge >= 0.3 is 0 Å². The molecule has 1 N–H and O–H groups in total. The molecule has 8 nitrogen and oxygen atoms in total. The molecular formula is C23H16F2N4O4S. The predicted molar refractivity (Wildman–Crippen MR) is 124 cm³/mol. The summed E-state index contributed by atoms with van der Waals surface area (Å²) in [6.45, 7) is 1.69. The van der Waals surface area contributed by atoms with Crippen molar-refractivity contribution < 1.29 is 18.5 Å². The fourth-order valence-corrected chi connectivity index (χ4v) is 4.10. The normalized spacial score (nSPS) is 10.9. The first-order valence-corrected chi connectivity index (χ1v) is 10.9. The topological polar surface area (TPSA) is 107 Å². The number of aromatic nitrogens is 2. The summed E-state index contributed by atoms with van der Waals surface area (Å²) in [6, 6.07) is 13.6. The van der Waals surface area contributed by atoms with Gasteiger partial charge in [0.05, 0.1) is 27.3 Å². The zero-order chi connectivity index (χ0) is 24.4. The van der Waals surface area contributed by atoms with Gasteiger partial charge in [-0.1, -0.05) is 30.0 Å². The van der Waals surface area contributed by atoms with Crippen molar-refractivity contribution in [3.05, 3.63) is 98.3 Å². The van der Waals surface area contributed by atoms with Crippen LogP contribution in [0.15, 0.2) is 70.6 Å². The van der Waals surface area contributed by atoms with E-state index in [2.05, 4.69) is 10.3 Å². The number of nitro groups is 1. The first kappa shape index (κ1) is 23.1. The molecule has 1 aromatic heterocycles. The molecule has 4 rings (SSSR count). The van der Waals surface area contributed by atoms with Gasteiger partial charge in [-0.2, -0.15) is 0 Å². The molecule has 0 aliphatic heterocycles. The molecule has 3 aromatic carbocycles. The van der Waals surface area contributed by atoms with Gasteiger partial charge in [-0.05, 0) is 42.8 Å². The molecule has 34 heavy (non-hydrogen) atoms. The van der Waals surface area contributed by atoms with E-state index in [0.717, 1.165) is 28.5 Å². The minimum atomic E-state index is -0.972. The maximum Gasteiger partial charge on any atom is 0.293 e. The molecular weight excluding hydrogens is 466 g/mol. The Morgan fingerprint density at radius 2 is 1.91 bits per heavy atom.